The van der Waals surface area contributed by atoms with Gasteiger partial charge < -0.3 is 10.6 Å². The second kappa shape index (κ2) is 6.64. The molecule has 0 saturated carbocycles. The van der Waals surface area contributed by atoms with E-state index in [0.29, 0.717) is 17.2 Å². The van der Waals surface area contributed by atoms with Crippen LogP contribution in [0, 0.1) is 13.8 Å². The number of carbonyl (C=O) groups excluding carboxylic acids is 1. The zero-order chi connectivity index (χ0) is 19.0. The van der Waals surface area contributed by atoms with Gasteiger partial charge in [0.2, 0.25) is 5.95 Å². The molecule has 1 amide bonds. The number of anilines is 2. The molecule has 2 N–H and O–H groups in total. The topological polar surface area (TPSA) is 97.6 Å². The highest BCUT2D eigenvalue weighted by Crippen LogP contribution is 2.34. The Morgan fingerprint density at radius 2 is 2.04 bits per heavy atom. The number of aromatic nitrogens is 5. The van der Waals surface area contributed by atoms with Crippen LogP contribution in [-0.2, 0) is 4.79 Å². The third kappa shape index (κ3) is 2.95. The van der Waals surface area contributed by atoms with Crippen molar-refractivity contribution in [1.29, 1.82) is 0 Å². The minimum absolute atomic E-state index is 0.205. The van der Waals surface area contributed by atoms with Crippen molar-refractivity contribution in [2.24, 2.45) is 0 Å². The number of hydrogen-bond acceptors (Lipinski definition) is 6. The molecule has 27 heavy (non-hydrogen) atoms. The molecule has 1 aliphatic rings. The molecule has 1 aliphatic heterocycles. The molecule has 136 valence electrons. The summed E-state index contributed by atoms with van der Waals surface area (Å²) in [7, 11) is 0. The summed E-state index contributed by atoms with van der Waals surface area (Å²) in [5, 5.41) is 17.9. The van der Waals surface area contributed by atoms with Gasteiger partial charge in [0.15, 0.2) is 0 Å². The zero-order valence-electron chi connectivity index (χ0n) is 15.3. The van der Waals surface area contributed by atoms with Crippen molar-refractivity contribution in [2.75, 3.05) is 10.6 Å². The molecule has 1 aromatic carbocycles. The van der Waals surface area contributed by atoms with Gasteiger partial charge in [-0.25, -0.2) is 0 Å². The van der Waals surface area contributed by atoms with Gasteiger partial charge in [-0.2, -0.15) is 4.68 Å². The molecular weight excluding hydrogens is 342 g/mol. The van der Waals surface area contributed by atoms with E-state index in [0.717, 1.165) is 22.4 Å². The van der Waals surface area contributed by atoms with E-state index in [9.17, 15) is 4.79 Å². The molecule has 0 spiro atoms. The number of tetrazole rings is 1. The maximum absolute atomic E-state index is 13.2. The van der Waals surface area contributed by atoms with Crippen molar-refractivity contribution >= 4 is 17.5 Å². The molecule has 8 nitrogen and oxygen atoms in total. The predicted molar refractivity (Wildman–Crippen MR) is 101 cm³/mol. The Morgan fingerprint density at radius 1 is 1.19 bits per heavy atom. The fourth-order valence-corrected chi connectivity index (χ4v) is 3.23. The molecule has 0 saturated heterocycles. The lowest BCUT2D eigenvalue weighted by Gasteiger charge is -2.27. The van der Waals surface area contributed by atoms with Crippen LogP contribution in [0.3, 0.4) is 0 Å². The molecule has 8 heteroatoms. The van der Waals surface area contributed by atoms with Gasteiger partial charge in [0.05, 0.1) is 5.57 Å². The summed E-state index contributed by atoms with van der Waals surface area (Å²) in [5.41, 5.74) is 5.02. The van der Waals surface area contributed by atoms with Crippen LogP contribution in [0.25, 0.3) is 0 Å². The molecule has 1 atom stereocenters. The van der Waals surface area contributed by atoms with Crippen molar-refractivity contribution in [3.05, 3.63) is 70.7 Å². The van der Waals surface area contributed by atoms with E-state index >= 15 is 0 Å². The summed E-state index contributed by atoms with van der Waals surface area (Å²) >= 11 is 0. The van der Waals surface area contributed by atoms with Gasteiger partial charge in [0.25, 0.3) is 5.91 Å². The van der Waals surface area contributed by atoms with Crippen LogP contribution in [0.2, 0.25) is 0 Å². The first kappa shape index (κ1) is 16.9. The van der Waals surface area contributed by atoms with Gasteiger partial charge in [-0.15, -0.1) is 0 Å². The zero-order valence-corrected chi connectivity index (χ0v) is 15.3. The Balaban J connectivity index is 1.77. The van der Waals surface area contributed by atoms with Crippen molar-refractivity contribution in [3.8, 4) is 0 Å². The van der Waals surface area contributed by atoms with E-state index in [1.165, 1.54) is 0 Å². The lowest BCUT2D eigenvalue weighted by Crippen LogP contribution is -2.31. The fourth-order valence-electron chi connectivity index (χ4n) is 3.23. The number of fused-ring (bicyclic) bond motifs is 1. The first-order chi connectivity index (χ1) is 13.1. The quantitative estimate of drug-likeness (QED) is 0.744. The molecule has 3 aromatic rings. The van der Waals surface area contributed by atoms with E-state index in [-0.39, 0.29) is 5.91 Å². The molecule has 0 fully saturated rings. The van der Waals surface area contributed by atoms with Crippen LogP contribution >= 0.6 is 0 Å². The Morgan fingerprint density at radius 3 is 2.81 bits per heavy atom. The molecule has 2 aromatic heterocycles. The van der Waals surface area contributed by atoms with Crippen LogP contribution in [0.1, 0.15) is 29.7 Å². The van der Waals surface area contributed by atoms with Crippen LogP contribution in [0.4, 0.5) is 11.6 Å². The Labute approximate surface area is 156 Å². The van der Waals surface area contributed by atoms with Gasteiger partial charge >= 0.3 is 0 Å². The number of hydrogen-bond donors (Lipinski definition) is 2. The van der Waals surface area contributed by atoms with Crippen LogP contribution < -0.4 is 10.6 Å². The number of nitrogens with zero attached hydrogens (tertiary/aromatic N) is 5. The number of aryl methyl sites for hydroxylation is 1. The molecule has 3 heterocycles. The van der Waals surface area contributed by atoms with E-state index in [2.05, 4.69) is 31.1 Å². The van der Waals surface area contributed by atoms with Gasteiger partial charge in [-0.1, -0.05) is 23.3 Å². The van der Waals surface area contributed by atoms with E-state index in [4.69, 9.17) is 0 Å². The number of rotatable bonds is 3. The SMILES string of the molecule is CC1=C(C(=O)Nc2cccc(C)c2C)[C@H](c2cccnc2)n2nnnc2N1. The predicted octanol–water partition coefficient (Wildman–Crippen LogP) is 2.61. The maximum atomic E-state index is 13.2. The number of nitrogens with one attached hydrogen (secondary N) is 2. The first-order valence-corrected chi connectivity index (χ1v) is 8.59. The normalized spacial score (nSPS) is 15.9. The van der Waals surface area contributed by atoms with Crippen molar-refractivity contribution < 1.29 is 4.79 Å². The average Bonchev–Trinajstić information content (AvgIpc) is 3.13. The number of pyridine rings is 1. The smallest absolute Gasteiger partial charge is 0.255 e. The fraction of sp³-hybridized carbons (Fsp3) is 0.211. The van der Waals surface area contributed by atoms with Crippen molar-refractivity contribution in [2.45, 2.75) is 26.8 Å². The van der Waals surface area contributed by atoms with Crippen LogP contribution in [0.5, 0.6) is 0 Å². The van der Waals surface area contributed by atoms with Gasteiger partial charge in [0, 0.05) is 23.8 Å². The lowest BCUT2D eigenvalue weighted by molar-refractivity contribution is -0.113. The summed E-state index contributed by atoms with van der Waals surface area (Å²) in [6.45, 7) is 5.85. The highest BCUT2D eigenvalue weighted by molar-refractivity contribution is 6.06. The van der Waals surface area contributed by atoms with Gasteiger partial charge in [-0.3, -0.25) is 9.78 Å². The van der Waals surface area contributed by atoms with Gasteiger partial charge in [-0.05, 0) is 60.0 Å². The second-order valence-corrected chi connectivity index (χ2v) is 6.50. The monoisotopic (exact) mass is 361 g/mol. The van der Waals surface area contributed by atoms with Crippen LogP contribution in [0.15, 0.2) is 54.0 Å². The molecular formula is C19H19N7O. The minimum atomic E-state index is -0.463. The van der Waals surface area contributed by atoms with E-state index < -0.39 is 6.04 Å². The molecule has 4 rings (SSSR count). The highest BCUT2D eigenvalue weighted by Gasteiger charge is 2.34. The van der Waals surface area contributed by atoms with Crippen molar-refractivity contribution in [1.82, 2.24) is 25.2 Å². The van der Waals surface area contributed by atoms with Gasteiger partial charge in [0.1, 0.15) is 6.04 Å². The number of allylic oxidation sites excluding steroid dienone is 1. The number of benzene rings is 1. The summed E-state index contributed by atoms with van der Waals surface area (Å²) < 4.78 is 1.60. The van der Waals surface area contributed by atoms with E-state index in [1.807, 2.05) is 51.1 Å². The number of amides is 1. The van der Waals surface area contributed by atoms with E-state index in [1.54, 1.807) is 17.1 Å². The molecule has 0 bridgehead atoms. The summed E-state index contributed by atoms with van der Waals surface area (Å²) in [6, 6.07) is 9.12. The Hall–Kier alpha value is -3.55. The summed E-state index contributed by atoms with van der Waals surface area (Å²) in [5.74, 6) is 0.286. The minimum Gasteiger partial charge on any atom is -0.326 e. The third-order valence-electron chi connectivity index (χ3n) is 4.81. The molecule has 0 unspecified atom stereocenters. The maximum Gasteiger partial charge on any atom is 0.255 e. The summed E-state index contributed by atoms with van der Waals surface area (Å²) in [4.78, 5) is 17.4. The standard InChI is InChI=1S/C19H19N7O/c1-11-6-4-8-15(12(11)2)22-18(27)16-13(3)21-19-23-24-25-26(19)17(16)14-7-5-9-20-10-14/h4-10,17H,1-3H3,(H,22,27)(H,21,23,25)/t17-/m0/s1. The molecule has 0 aliphatic carbocycles. The second-order valence-electron chi connectivity index (χ2n) is 6.50. The largest absolute Gasteiger partial charge is 0.326 e. The Bertz CT molecular complexity index is 1040. The molecule has 0 radical (unpaired) electrons. The number of carbonyl (C=O) groups is 1. The highest BCUT2D eigenvalue weighted by atomic mass is 16.1. The first-order valence-electron chi connectivity index (χ1n) is 8.59. The summed E-state index contributed by atoms with van der Waals surface area (Å²) in [6.07, 6.45) is 3.41. The Kier molecular flexibility index (Phi) is 4.15. The average molecular weight is 361 g/mol. The van der Waals surface area contributed by atoms with Crippen LogP contribution in [-0.4, -0.2) is 31.1 Å². The van der Waals surface area contributed by atoms with Crippen molar-refractivity contribution in [3.63, 3.8) is 0 Å². The third-order valence-corrected chi connectivity index (χ3v) is 4.81. The lowest BCUT2D eigenvalue weighted by atomic mass is 9.96.